The molecule has 0 fully saturated rings. The van der Waals surface area contributed by atoms with Crippen LogP contribution < -0.4 is 0 Å². The van der Waals surface area contributed by atoms with Crippen LogP contribution in [0, 0.1) is 20.2 Å². The molecule has 0 aliphatic carbocycles. The third-order valence-electron chi connectivity index (χ3n) is 5.84. The van der Waals surface area contributed by atoms with Gasteiger partial charge in [0.15, 0.2) is 0 Å². The van der Waals surface area contributed by atoms with Crippen molar-refractivity contribution in [2.45, 2.75) is 0 Å². The maximum absolute atomic E-state index is 12.7. The first-order valence-electron chi connectivity index (χ1n) is 11.1. The molecule has 0 unspecified atom stereocenters. The van der Waals surface area contributed by atoms with E-state index in [1.165, 1.54) is 11.3 Å². The summed E-state index contributed by atoms with van der Waals surface area (Å²) >= 11 is 1.31. The molecule has 6 nitrogen and oxygen atoms in total. The molecule has 5 aromatic carbocycles. The summed E-state index contributed by atoms with van der Waals surface area (Å²) in [7, 11) is 0. The molecule has 158 valence electrons. The van der Waals surface area contributed by atoms with Gasteiger partial charge in [-0.25, -0.2) is 0 Å². The fraction of sp³-hybridized carbons (Fsp3) is 0. The van der Waals surface area contributed by atoms with Crippen LogP contribution in [0.1, 0.15) is 2.74 Å². The molecule has 0 bridgehead atoms. The summed E-state index contributed by atoms with van der Waals surface area (Å²) in [4.78, 5) is 23.8. The first-order valence-corrected chi connectivity index (χ1v) is 10.9. The summed E-state index contributed by atoms with van der Waals surface area (Å²) < 4.78 is 18.2. The van der Waals surface area contributed by atoms with Crippen LogP contribution in [0.5, 0.6) is 0 Å². The largest absolute Gasteiger partial charge is 0.287 e. The third-order valence-corrected chi connectivity index (χ3v) is 7.01. The molecule has 1 heterocycles. The molecule has 0 atom stereocenters. The highest BCUT2D eigenvalue weighted by molar-refractivity contribution is 7.26. The van der Waals surface area contributed by atoms with E-state index in [0.717, 1.165) is 0 Å². The predicted octanol–water partition coefficient (Wildman–Crippen LogP) is 7.84. The minimum Gasteiger partial charge on any atom is -0.258 e. The molecule has 0 N–H and O–H groups in total. The average Bonchev–Trinajstić information content (AvgIpc) is 3.23. The maximum Gasteiger partial charge on any atom is 0.287 e. The summed E-state index contributed by atoms with van der Waals surface area (Å²) in [5.74, 6) is 0. The molecule has 0 saturated heterocycles. The fourth-order valence-corrected chi connectivity index (χ4v) is 5.71. The topological polar surface area (TPSA) is 86.3 Å². The molecule has 6 aromatic rings. The summed E-state index contributed by atoms with van der Waals surface area (Å²) in [5, 5.41) is 28.0. The van der Waals surface area contributed by atoms with Gasteiger partial charge in [-0.2, -0.15) is 0 Å². The first-order chi connectivity index (χ1) is 16.9. The van der Waals surface area contributed by atoms with Gasteiger partial charge in [0.25, 0.3) is 11.4 Å². The van der Waals surface area contributed by atoms with Gasteiger partial charge in [-0.15, -0.1) is 11.3 Å². The lowest BCUT2D eigenvalue weighted by Crippen LogP contribution is -1.98. The highest BCUT2D eigenvalue weighted by Gasteiger charge is 2.31. The molecular formula is C26H14N2O4S. The quantitative estimate of drug-likeness (QED) is 0.202. The lowest BCUT2D eigenvalue weighted by Gasteiger charge is -2.12. The smallest absolute Gasteiger partial charge is 0.258 e. The zero-order valence-electron chi connectivity index (χ0n) is 18.9. The van der Waals surface area contributed by atoms with Crippen LogP contribution in [0.25, 0.3) is 52.8 Å². The van der Waals surface area contributed by atoms with E-state index in [9.17, 15) is 20.2 Å². The van der Waals surface area contributed by atoms with Crippen molar-refractivity contribution in [1.82, 2.24) is 0 Å². The Morgan fingerprint density at radius 1 is 0.788 bits per heavy atom. The van der Waals surface area contributed by atoms with E-state index in [4.69, 9.17) is 2.74 Å². The van der Waals surface area contributed by atoms with E-state index in [1.54, 1.807) is 60.7 Å². The van der Waals surface area contributed by atoms with Crippen molar-refractivity contribution in [2.75, 3.05) is 0 Å². The van der Waals surface area contributed by atoms with Crippen molar-refractivity contribution in [2.24, 2.45) is 0 Å². The Hall–Kier alpha value is -4.36. The van der Waals surface area contributed by atoms with Gasteiger partial charge in [0.05, 0.1) is 33.8 Å². The molecule has 0 saturated carbocycles. The second-order valence-electron chi connectivity index (χ2n) is 7.62. The molecule has 0 spiro atoms. The molecule has 6 rings (SSSR count). The normalized spacial score (nSPS) is 12.4. The lowest BCUT2D eigenvalue weighted by molar-refractivity contribution is -0.385. The number of thiophene rings is 1. The van der Waals surface area contributed by atoms with Crippen molar-refractivity contribution in [1.29, 1.82) is 0 Å². The van der Waals surface area contributed by atoms with Crippen molar-refractivity contribution in [3.8, 4) is 11.1 Å². The van der Waals surface area contributed by atoms with Crippen molar-refractivity contribution >= 4 is 64.4 Å². The number of hydrogen-bond donors (Lipinski definition) is 0. The van der Waals surface area contributed by atoms with Gasteiger partial charge in [-0.1, -0.05) is 66.7 Å². The number of fused-ring (bicyclic) bond motifs is 6. The number of hydrogen-bond acceptors (Lipinski definition) is 5. The van der Waals surface area contributed by atoms with Gasteiger partial charge in [0.2, 0.25) is 0 Å². The third kappa shape index (κ3) is 2.79. The zero-order valence-corrected chi connectivity index (χ0v) is 17.7. The van der Waals surface area contributed by atoms with Gasteiger partial charge in [-0.3, -0.25) is 20.2 Å². The van der Waals surface area contributed by atoms with Crippen LogP contribution in [-0.4, -0.2) is 9.85 Å². The van der Waals surface area contributed by atoms with Crippen LogP contribution in [0.2, 0.25) is 0 Å². The summed E-state index contributed by atoms with van der Waals surface area (Å²) in [6.07, 6.45) is 0. The SMILES string of the molecule is [2H]c1c([N+](=O)[O-])c(-c2c([N+](=O)[O-])c3c4cccc([2H])c4sc3c3ccccc23)cc2ccccc12. The molecule has 33 heavy (non-hydrogen) atoms. The molecule has 0 aliphatic heterocycles. The Kier molecular flexibility index (Phi) is 3.70. The first kappa shape index (κ1) is 17.2. The standard InChI is InChI=1S/C26H14N2O4S/c29-27(30)21-14-16-8-2-1-7-15(16)13-20(21)23-17-9-3-4-10-18(17)26-24(25(23)28(31)32)19-11-5-6-12-22(19)33-26/h1-14H/i12D,14D. The fourth-order valence-electron chi connectivity index (χ4n) is 4.50. The number of nitro groups is 2. The zero-order chi connectivity index (χ0) is 24.4. The van der Waals surface area contributed by atoms with Crippen LogP contribution >= 0.6 is 11.3 Å². The maximum atomic E-state index is 12.7. The molecule has 0 radical (unpaired) electrons. The molecule has 0 amide bonds. The molecule has 1 aromatic heterocycles. The van der Waals surface area contributed by atoms with Gasteiger partial charge in [0, 0.05) is 21.5 Å². The Morgan fingerprint density at radius 2 is 1.45 bits per heavy atom. The average molecular weight is 452 g/mol. The van der Waals surface area contributed by atoms with Crippen LogP contribution in [0.4, 0.5) is 11.4 Å². The second kappa shape index (κ2) is 7.08. The van der Waals surface area contributed by atoms with E-state index in [2.05, 4.69) is 0 Å². The molecule has 7 heteroatoms. The van der Waals surface area contributed by atoms with Gasteiger partial charge < -0.3 is 0 Å². The van der Waals surface area contributed by atoms with Crippen molar-refractivity contribution in [3.63, 3.8) is 0 Å². The van der Waals surface area contributed by atoms with Gasteiger partial charge in [-0.05, 0) is 28.3 Å². The highest BCUT2D eigenvalue weighted by atomic mass is 32.1. The van der Waals surface area contributed by atoms with E-state index < -0.39 is 15.5 Å². The number of nitro benzene ring substituents is 2. The van der Waals surface area contributed by atoms with Crippen LogP contribution in [-0.2, 0) is 0 Å². The predicted molar refractivity (Wildman–Crippen MR) is 133 cm³/mol. The molecular weight excluding hydrogens is 436 g/mol. The van der Waals surface area contributed by atoms with E-state index >= 15 is 0 Å². The lowest BCUT2D eigenvalue weighted by atomic mass is 9.91. The van der Waals surface area contributed by atoms with Crippen LogP contribution in [0.15, 0.2) is 84.9 Å². The Balaban J connectivity index is 1.94. The number of nitrogens with zero attached hydrogens (tertiary/aromatic N) is 2. The van der Waals surface area contributed by atoms with Gasteiger partial charge in [0.1, 0.15) is 0 Å². The Labute approximate surface area is 193 Å². The summed E-state index contributed by atoms with van der Waals surface area (Å²) in [5.41, 5.74) is -0.589. The van der Waals surface area contributed by atoms with Gasteiger partial charge >= 0.3 is 0 Å². The minimum atomic E-state index is -0.638. The number of rotatable bonds is 3. The van der Waals surface area contributed by atoms with Crippen molar-refractivity contribution in [3.05, 3.63) is 105 Å². The van der Waals surface area contributed by atoms with E-state index in [-0.39, 0.29) is 28.9 Å². The molecule has 0 aliphatic rings. The number of benzene rings is 5. The minimum absolute atomic E-state index is 0.0323. The second-order valence-corrected chi connectivity index (χ2v) is 8.64. The van der Waals surface area contributed by atoms with E-state index in [0.29, 0.717) is 41.7 Å². The van der Waals surface area contributed by atoms with Crippen LogP contribution in [0.3, 0.4) is 0 Å². The highest BCUT2D eigenvalue weighted by Crippen LogP contribution is 2.51. The summed E-state index contributed by atoms with van der Waals surface area (Å²) in [6.45, 7) is 0. The monoisotopic (exact) mass is 452 g/mol. The Morgan fingerprint density at radius 3 is 2.21 bits per heavy atom. The van der Waals surface area contributed by atoms with E-state index in [1.807, 2.05) is 12.1 Å². The van der Waals surface area contributed by atoms with Crippen molar-refractivity contribution < 1.29 is 12.6 Å². The Bertz CT molecular complexity index is 1900. The summed E-state index contributed by atoms with van der Waals surface area (Å²) in [6, 6.07) is 20.5.